The van der Waals surface area contributed by atoms with Gasteiger partial charge in [0.15, 0.2) is 0 Å². The molecule has 110 valence electrons. The molecule has 1 unspecified atom stereocenters. The number of imidazole rings is 1. The molecule has 1 aromatic heterocycles. The van der Waals surface area contributed by atoms with Crippen LogP contribution in [0.25, 0.3) is 0 Å². The van der Waals surface area contributed by atoms with Gasteiger partial charge in [-0.3, -0.25) is 10.1 Å². The van der Waals surface area contributed by atoms with Crippen molar-refractivity contribution in [2.24, 2.45) is 0 Å². The molecule has 0 fully saturated rings. The van der Waals surface area contributed by atoms with E-state index in [9.17, 15) is 14.9 Å². The Morgan fingerprint density at radius 3 is 2.90 bits per heavy atom. The van der Waals surface area contributed by atoms with Crippen LogP contribution < -0.4 is 5.32 Å². The first-order valence-electron chi connectivity index (χ1n) is 6.21. The van der Waals surface area contributed by atoms with Gasteiger partial charge in [-0.05, 0) is 19.1 Å². The van der Waals surface area contributed by atoms with Crippen LogP contribution in [0.15, 0.2) is 36.9 Å². The molecule has 0 saturated heterocycles. The highest BCUT2D eigenvalue weighted by Gasteiger charge is 2.20. The molecule has 0 aliphatic rings. The number of nitro benzene ring substituents is 1. The molecule has 0 aliphatic heterocycles. The zero-order valence-electron chi connectivity index (χ0n) is 11.3. The van der Waals surface area contributed by atoms with Crippen molar-refractivity contribution in [3.8, 4) is 0 Å². The van der Waals surface area contributed by atoms with E-state index in [1.807, 2.05) is 17.7 Å². The molecular weight excluding hydrogens is 276 g/mol. The normalized spacial score (nSPS) is 11.9. The fraction of sp³-hybridized carbons (Fsp3) is 0.231. The molecule has 8 nitrogen and oxygen atoms in total. The predicted molar refractivity (Wildman–Crippen MR) is 75.4 cm³/mol. The molecule has 2 aromatic rings. The van der Waals surface area contributed by atoms with Gasteiger partial charge in [-0.15, -0.1) is 0 Å². The van der Waals surface area contributed by atoms with E-state index in [1.54, 1.807) is 12.5 Å². The molecule has 0 aliphatic carbocycles. The number of anilines is 1. The van der Waals surface area contributed by atoms with Crippen LogP contribution in [0.1, 0.15) is 17.3 Å². The summed E-state index contributed by atoms with van der Waals surface area (Å²) in [5, 5.41) is 22.9. The summed E-state index contributed by atoms with van der Waals surface area (Å²) in [6.45, 7) is 2.55. The number of nitro groups is 1. The smallest absolute Gasteiger partial charge is 0.342 e. The summed E-state index contributed by atoms with van der Waals surface area (Å²) in [4.78, 5) is 25.1. The number of carbonyl (C=O) groups is 1. The molecule has 0 bridgehead atoms. The first-order chi connectivity index (χ1) is 9.97. The maximum Gasteiger partial charge on any atom is 0.342 e. The highest BCUT2D eigenvalue weighted by atomic mass is 16.6. The van der Waals surface area contributed by atoms with Crippen molar-refractivity contribution in [3.63, 3.8) is 0 Å². The van der Waals surface area contributed by atoms with E-state index in [4.69, 9.17) is 5.11 Å². The van der Waals surface area contributed by atoms with Gasteiger partial charge in [0.25, 0.3) is 5.69 Å². The Morgan fingerprint density at radius 1 is 1.57 bits per heavy atom. The number of nitrogens with one attached hydrogen (secondary N) is 1. The Morgan fingerprint density at radius 2 is 2.33 bits per heavy atom. The van der Waals surface area contributed by atoms with Gasteiger partial charge < -0.3 is 15.0 Å². The largest absolute Gasteiger partial charge is 0.477 e. The maximum atomic E-state index is 10.9. The molecule has 1 heterocycles. The van der Waals surface area contributed by atoms with E-state index in [0.717, 1.165) is 0 Å². The Balaban J connectivity index is 2.15. The minimum Gasteiger partial charge on any atom is -0.477 e. The second-order valence-corrected chi connectivity index (χ2v) is 4.60. The van der Waals surface area contributed by atoms with Crippen LogP contribution in [-0.2, 0) is 6.54 Å². The lowest BCUT2D eigenvalue weighted by atomic mass is 10.1. The highest BCUT2D eigenvalue weighted by Crippen LogP contribution is 2.23. The molecule has 2 rings (SSSR count). The van der Waals surface area contributed by atoms with Gasteiger partial charge in [-0.1, -0.05) is 0 Å². The lowest BCUT2D eigenvalue weighted by molar-refractivity contribution is -0.385. The summed E-state index contributed by atoms with van der Waals surface area (Å²) < 4.78 is 1.87. The van der Waals surface area contributed by atoms with Gasteiger partial charge in [0.1, 0.15) is 5.56 Å². The number of carboxylic acids is 1. The van der Waals surface area contributed by atoms with Gasteiger partial charge in [0.2, 0.25) is 0 Å². The van der Waals surface area contributed by atoms with Crippen LogP contribution >= 0.6 is 0 Å². The van der Waals surface area contributed by atoms with Crippen molar-refractivity contribution in [1.82, 2.24) is 9.55 Å². The molecule has 0 radical (unpaired) electrons. The molecule has 8 heteroatoms. The lowest BCUT2D eigenvalue weighted by Gasteiger charge is -2.15. The Labute approximate surface area is 120 Å². The van der Waals surface area contributed by atoms with Gasteiger partial charge in [-0.2, -0.15) is 0 Å². The van der Waals surface area contributed by atoms with Crippen molar-refractivity contribution < 1.29 is 14.8 Å². The van der Waals surface area contributed by atoms with Gasteiger partial charge >= 0.3 is 5.97 Å². The Kier molecular flexibility index (Phi) is 4.17. The van der Waals surface area contributed by atoms with Gasteiger partial charge in [0.05, 0.1) is 11.3 Å². The third-order valence-electron chi connectivity index (χ3n) is 2.88. The maximum absolute atomic E-state index is 10.9. The van der Waals surface area contributed by atoms with Gasteiger partial charge in [0, 0.05) is 36.7 Å². The lowest BCUT2D eigenvalue weighted by Crippen LogP contribution is -2.21. The third kappa shape index (κ3) is 3.56. The molecule has 1 aromatic carbocycles. The van der Waals surface area contributed by atoms with Crippen LogP contribution in [0.5, 0.6) is 0 Å². The van der Waals surface area contributed by atoms with Crippen LogP contribution in [0.2, 0.25) is 0 Å². The van der Waals surface area contributed by atoms with Crippen molar-refractivity contribution in [2.75, 3.05) is 5.32 Å². The number of aromatic carboxylic acids is 1. The Bertz CT molecular complexity index is 654. The van der Waals surface area contributed by atoms with Crippen LogP contribution in [-0.4, -0.2) is 31.6 Å². The second kappa shape index (κ2) is 6.04. The predicted octanol–water partition coefficient (Wildman–Crippen LogP) is 1.99. The van der Waals surface area contributed by atoms with E-state index >= 15 is 0 Å². The summed E-state index contributed by atoms with van der Waals surface area (Å²) in [7, 11) is 0. The summed E-state index contributed by atoms with van der Waals surface area (Å²) in [5.74, 6) is -1.32. The highest BCUT2D eigenvalue weighted by molar-refractivity contribution is 5.93. The summed E-state index contributed by atoms with van der Waals surface area (Å²) in [6.07, 6.45) is 5.15. The number of carboxylic acid groups (broad SMARTS) is 1. The topological polar surface area (TPSA) is 110 Å². The minimum absolute atomic E-state index is 0.00511. The second-order valence-electron chi connectivity index (χ2n) is 4.60. The zero-order valence-corrected chi connectivity index (χ0v) is 11.3. The first-order valence-corrected chi connectivity index (χ1v) is 6.21. The number of nitrogens with zero attached hydrogens (tertiary/aromatic N) is 3. The van der Waals surface area contributed by atoms with Crippen molar-refractivity contribution >= 4 is 17.3 Å². The van der Waals surface area contributed by atoms with E-state index in [-0.39, 0.29) is 11.6 Å². The molecule has 1 atom stereocenters. The van der Waals surface area contributed by atoms with Gasteiger partial charge in [-0.25, -0.2) is 9.78 Å². The van der Waals surface area contributed by atoms with Crippen LogP contribution in [0.4, 0.5) is 11.4 Å². The zero-order chi connectivity index (χ0) is 15.4. The fourth-order valence-electron chi connectivity index (χ4n) is 1.99. The van der Waals surface area contributed by atoms with Crippen molar-refractivity contribution in [1.29, 1.82) is 0 Å². The quantitative estimate of drug-likeness (QED) is 0.621. The number of aromatic nitrogens is 2. The molecule has 2 N–H and O–H groups in total. The molecular formula is C13H14N4O4. The minimum atomic E-state index is -1.32. The van der Waals surface area contributed by atoms with E-state index < -0.39 is 16.6 Å². The molecule has 0 spiro atoms. The molecule has 21 heavy (non-hydrogen) atoms. The average Bonchev–Trinajstić information content (AvgIpc) is 2.90. The summed E-state index contributed by atoms with van der Waals surface area (Å²) in [5.41, 5.74) is -0.255. The summed E-state index contributed by atoms with van der Waals surface area (Å²) in [6, 6.07) is 3.97. The van der Waals surface area contributed by atoms with Crippen molar-refractivity contribution in [3.05, 3.63) is 52.6 Å². The number of hydrogen-bond donors (Lipinski definition) is 2. The average molecular weight is 290 g/mol. The van der Waals surface area contributed by atoms with E-state index in [0.29, 0.717) is 12.2 Å². The van der Waals surface area contributed by atoms with Crippen LogP contribution in [0, 0.1) is 10.1 Å². The molecule has 0 saturated carbocycles. The fourth-order valence-corrected chi connectivity index (χ4v) is 1.99. The van der Waals surface area contributed by atoms with Crippen LogP contribution in [0.3, 0.4) is 0 Å². The standard InChI is InChI=1S/C13H14N4O4/c1-9(7-16-5-4-14-8-16)15-10-2-3-11(13(18)19)12(6-10)17(20)21/h2-6,8-9,15H,7H2,1H3,(H,18,19). The van der Waals surface area contributed by atoms with E-state index in [1.165, 1.54) is 18.2 Å². The summed E-state index contributed by atoms with van der Waals surface area (Å²) >= 11 is 0. The monoisotopic (exact) mass is 290 g/mol. The third-order valence-corrected chi connectivity index (χ3v) is 2.88. The number of benzene rings is 1. The number of hydrogen-bond acceptors (Lipinski definition) is 5. The SMILES string of the molecule is CC(Cn1ccnc1)Nc1ccc(C(=O)O)c([N+](=O)[O-])c1. The van der Waals surface area contributed by atoms with E-state index in [2.05, 4.69) is 10.3 Å². The van der Waals surface area contributed by atoms with Crippen molar-refractivity contribution in [2.45, 2.75) is 19.5 Å². The Hall–Kier alpha value is -2.90. The first kappa shape index (κ1) is 14.5. The number of rotatable bonds is 6. The molecule has 0 amide bonds.